The van der Waals surface area contributed by atoms with E-state index in [9.17, 15) is 0 Å². The monoisotopic (exact) mass is 288 g/mol. The number of nitrogen functional groups attached to an aromatic ring is 1. The van der Waals surface area contributed by atoms with E-state index in [4.69, 9.17) is 10.5 Å². The van der Waals surface area contributed by atoms with Crippen LogP contribution < -0.4 is 10.5 Å². The molecule has 0 radical (unpaired) electrons. The SMILES string of the molecule is CCOc1cccc2c1nc(N)n2Cc1csc(C)n1. The summed E-state index contributed by atoms with van der Waals surface area (Å²) in [6, 6.07) is 5.87. The fourth-order valence-electron chi connectivity index (χ4n) is 2.22. The fourth-order valence-corrected chi connectivity index (χ4v) is 2.82. The van der Waals surface area contributed by atoms with Gasteiger partial charge in [0.15, 0.2) is 0 Å². The molecule has 0 aliphatic rings. The molecule has 0 saturated carbocycles. The Kier molecular flexibility index (Phi) is 3.31. The standard InChI is InChI=1S/C14H16N4OS/c1-3-19-12-6-4-5-11-13(12)17-14(15)18(11)7-10-8-20-9(2)16-10/h4-6,8H,3,7H2,1-2H3,(H2,15,17). The molecule has 3 rings (SSSR count). The Hall–Kier alpha value is -2.08. The van der Waals surface area contributed by atoms with Crippen LogP contribution in [0.15, 0.2) is 23.6 Å². The van der Waals surface area contributed by atoms with E-state index in [2.05, 4.69) is 9.97 Å². The van der Waals surface area contributed by atoms with E-state index < -0.39 is 0 Å². The Morgan fingerprint density at radius 3 is 2.90 bits per heavy atom. The molecular formula is C14H16N4OS. The Morgan fingerprint density at radius 2 is 2.20 bits per heavy atom. The number of aryl methyl sites for hydroxylation is 1. The first-order chi connectivity index (χ1) is 9.69. The third-order valence-corrected chi connectivity index (χ3v) is 3.88. The average molecular weight is 288 g/mol. The van der Waals surface area contributed by atoms with Crippen molar-refractivity contribution in [2.75, 3.05) is 12.3 Å². The zero-order valence-corrected chi connectivity index (χ0v) is 12.3. The van der Waals surface area contributed by atoms with E-state index in [0.29, 0.717) is 19.1 Å². The van der Waals surface area contributed by atoms with E-state index in [1.54, 1.807) is 11.3 Å². The van der Waals surface area contributed by atoms with Gasteiger partial charge in [-0.15, -0.1) is 11.3 Å². The van der Waals surface area contributed by atoms with Crippen LogP contribution in [0.5, 0.6) is 5.75 Å². The molecule has 0 fully saturated rings. The zero-order valence-electron chi connectivity index (χ0n) is 11.5. The summed E-state index contributed by atoms with van der Waals surface area (Å²) in [5.41, 5.74) is 8.82. The van der Waals surface area contributed by atoms with Crippen LogP contribution in [0.2, 0.25) is 0 Å². The van der Waals surface area contributed by atoms with E-state index in [1.807, 2.05) is 42.0 Å². The average Bonchev–Trinajstić information content (AvgIpc) is 2.97. The van der Waals surface area contributed by atoms with Crippen LogP contribution >= 0.6 is 11.3 Å². The molecule has 2 heterocycles. The van der Waals surface area contributed by atoms with Gasteiger partial charge in [-0.05, 0) is 26.0 Å². The zero-order chi connectivity index (χ0) is 14.1. The van der Waals surface area contributed by atoms with Crippen LogP contribution in [0.3, 0.4) is 0 Å². The second-order valence-electron chi connectivity index (χ2n) is 4.47. The van der Waals surface area contributed by atoms with Gasteiger partial charge in [0.2, 0.25) is 5.95 Å². The maximum absolute atomic E-state index is 6.04. The minimum absolute atomic E-state index is 0.484. The van der Waals surface area contributed by atoms with Gasteiger partial charge in [0.1, 0.15) is 11.3 Å². The topological polar surface area (TPSA) is 66.0 Å². The molecule has 104 valence electrons. The first-order valence-electron chi connectivity index (χ1n) is 6.47. The highest BCUT2D eigenvalue weighted by molar-refractivity contribution is 7.09. The number of para-hydroxylation sites is 1. The highest BCUT2D eigenvalue weighted by Crippen LogP contribution is 2.27. The minimum Gasteiger partial charge on any atom is -0.492 e. The lowest BCUT2D eigenvalue weighted by Gasteiger charge is -2.05. The molecule has 20 heavy (non-hydrogen) atoms. The molecular weight excluding hydrogens is 272 g/mol. The molecule has 0 saturated heterocycles. The molecule has 3 aromatic rings. The molecule has 0 aliphatic heterocycles. The van der Waals surface area contributed by atoms with E-state index >= 15 is 0 Å². The molecule has 5 nitrogen and oxygen atoms in total. The van der Waals surface area contributed by atoms with Crippen molar-refractivity contribution in [3.63, 3.8) is 0 Å². The second-order valence-corrected chi connectivity index (χ2v) is 5.53. The van der Waals surface area contributed by atoms with Crippen LogP contribution in [0.25, 0.3) is 11.0 Å². The highest BCUT2D eigenvalue weighted by Gasteiger charge is 2.13. The van der Waals surface area contributed by atoms with Gasteiger partial charge >= 0.3 is 0 Å². The summed E-state index contributed by atoms with van der Waals surface area (Å²) in [5.74, 6) is 1.25. The van der Waals surface area contributed by atoms with Gasteiger partial charge in [-0.1, -0.05) is 6.07 Å². The van der Waals surface area contributed by atoms with Gasteiger partial charge < -0.3 is 15.0 Å². The predicted octanol–water partition coefficient (Wildman–Crippen LogP) is 2.83. The van der Waals surface area contributed by atoms with Gasteiger partial charge in [0, 0.05) is 5.38 Å². The van der Waals surface area contributed by atoms with Crippen LogP contribution in [0.4, 0.5) is 5.95 Å². The Balaban J connectivity index is 2.06. The maximum atomic E-state index is 6.04. The maximum Gasteiger partial charge on any atom is 0.201 e. The number of ether oxygens (including phenoxy) is 1. The van der Waals surface area contributed by atoms with Crippen molar-refractivity contribution in [3.05, 3.63) is 34.3 Å². The number of aromatic nitrogens is 3. The fraction of sp³-hybridized carbons (Fsp3) is 0.286. The first-order valence-corrected chi connectivity index (χ1v) is 7.35. The number of hydrogen-bond donors (Lipinski definition) is 1. The Labute approximate surface area is 121 Å². The molecule has 0 spiro atoms. The van der Waals surface area contributed by atoms with Crippen molar-refractivity contribution in [1.29, 1.82) is 0 Å². The summed E-state index contributed by atoms with van der Waals surface area (Å²) in [6.07, 6.45) is 0. The normalized spacial score (nSPS) is 11.1. The van der Waals surface area contributed by atoms with E-state index in [0.717, 1.165) is 27.5 Å². The third kappa shape index (κ3) is 2.22. The summed E-state index contributed by atoms with van der Waals surface area (Å²) in [5, 5.41) is 3.10. The number of thiazole rings is 1. The van der Waals surface area contributed by atoms with Crippen molar-refractivity contribution in [2.45, 2.75) is 20.4 Å². The third-order valence-electron chi connectivity index (χ3n) is 3.06. The first kappa shape index (κ1) is 12.9. The summed E-state index contributed by atoms with van der Waals surface area (Å²) < 4.78 is 7.56. The number of imidazole rings is 1. The van der Waals surface area contributed by atoms with Crippen molar-refractivity contribution < 1.29 is 4.74 Å². The summed E-state index contributed by atoms with van der Waals surface area (Å²) in [6.45, 7) is 5.19. The number of anilines is 1. The van der Waals surface area contributed by atoms with Crippen LogP contribution in [-0.4, -0.2) is 21.1 Å². The molecule has 0 bridgehead atoms. The van der Waals surface area contributed by atoms with Crippen LogP contribution in [0.1, 0.15) is 17.6 Å². The lowest BCUT2D eigenvalue weighted by molar-refractivity contribution is 0.343. The van der Waals surface area contributed by atoms with Crippen molar-refractivity contribution in [1.82, 2.24) is 14.5 Å². The van der Waals surface area contributed by atoms with Gasteiger partial charge in [0.25, 0.3) is 0 Å². The molecule has 0 unspecified atom stereocenters. The lowest BCUT2D eigenvalue weighted by atomic mass is 10.3. The van der Waals surface area contributed by atoms with Gasteiger partial charge in [-0.25, -0.2) is 9.97 Å². The molecule has 2 aromatic heterocycles. The molecule has 2 N–H and O–H groups in total. The molecule has 0 amide bonds. The highest BCUT2D eigenvalue weighted by atomic mass is 32.1. The van der Waals surface area contributed by atoms with Crippen molar-refractivity contribution in [2.24, 2.45) is 0 Å². The Morgan fingerprint density at radius 1 is 1.35 bits per heavy atom. The molecule has 1 aromatic carbocycles. The van der Waals surface area contributed by atoms with Crippen LogP contribution in [0, 0.1) is 6.92 Å². The van der Waals surface area contributed by atoms with Gasteiger partial charge in [-0.3, -0.25) is 0 Å². The number of fused-ring (bicyclic) bond motifs is 1. The summed E-state index contributed by atoms with van der Waals surface area (Å²) in [4.78, 5) is 8.90. The molecule has 0 atom stereocenters. The number of nitrogens with zero attached hydrogens (tertiary/aromatic N) is 3. The quantitative estimate of drug-likeness (QED) is 0.801. The number of benzene rings is 1. The Bertz CT molecular complexity index is 747. The lowest BCUT2D eigenvalue weighted by Crippen LogP contribution is -2.04. The predicted molar refractivity (Wildman–Crippen MR) is 81.3 cm³/mol. The number of rotatable bonds is 4. The summed E-state index contributed by atoms with van der Waals surface area (Å²) >= 11 is 1.64. The molecule has 0 aliphatic carbocycles. The van der Waals surface area contributed by atoms with Gasteiger partial charge in [0.05, 0.1) is 29.4 Å². The second kappa shape index (κ2) is 5.13. The summed E-state index contributed by atoms with van der Waals surface area (Å²) in [7, 11) is 0. The van der Waals surface area contributed by atoms with E-state index in [1.165, 1.54) is 0 Å². The largest absolute Gasteiger partial charge is 0.492 e. The van der Waals surface area contributed by atoms with Crippen LogP contribution in [-0.2, 0) is 6.54 Å². The van der Waals surface area contributed by atoms with Gasteiger partial charge in [-0.2, -0.15) is 0 Å². The minimum atomic E-state index is 0.484. The van der Waals surface area contributed by atoms with Crippen molar-refractivity contribution >= 4 is 28.3 Å². The van der Waals surface area contributed by atoms with Crippen molar-refractivity contribution in [3.8, 4) is 5.75 Å². The van der Waals surface area contributed by atoms with E-state index in [-0.39, 0.29) is 0 Å². The smallest absolute Gasteiger partial charge is 0.201 e. The molecule has 6 heteroatoms. The number of hydrogen-bond acceptors (Lipinski definition) is 5. The number of nitrogens with two attached hydrogens (primary N) is 1.